The van der Waals surface area contributed by atoms with Crippen molar-refractivity contribution >= 4 is 17.3 Å². The summed E-state index contributed by atoms with van der Waals surface area (Å²) in [4.78, 5) is 16.0. The van der Waals surface area contributed by atoms with Crippen LogP contribution in [0.2, 0.25) is 0 Å². The van der Waals surface area contributed by atoms with Crippen LogP contribution in [0.3, 0.4) is 0 Å². The first-order valence-electron chi connectivity index (χ1n) is 8.02. The molecule has 1 aliphatic carbocycles. The minimum absolute atomic E-state index is 0.268. The lowest BCUT2D eigenvalue weighted by Gasteiger charge is -2.24. The molecule has 0 bridgehead atoms. The molecule has 0 spiro atoms. The first-order valence-corrected chi connectivity index (χ1v) is 8.90. The van der Waals surface area contributed by atoms with Gasteiger partial charge in [-0.25, -0.2) is 4.98 Å². The van der Waals surface area contributed by atoms with Gasteiger partial charge in [0, 0.05) is 17.4 Å². The Kier molecular flexibility index (Phi) is 4.27. The van der Waals surface area contributed by atoms with Crippen LogP contribution in [0.15, 0.2) is 16.0 Å². The lowest BCUT2D eigenvalue weighted by molar-refractivity contribution is -0.148. The first kappa shape index (κ1) is 16.2. The molecule has 1 saturated carbocycles. The minimum atomic E-state index is -0.908. The predicted molar refractivity (Wildman–Crippen MR) is 88.5 cm³/mol. The highest BCUT2D eigenvalue weighted by Gasteiger charge is 2.37. The van der Waals surface area contributed by atoms with Crippen LogP contribution in [0.4, 0.5) is 0 Å². The van der Waals surface area contributed by atoms with Gasteiger partial charge in [-0.1, -0.05) is 31.3 Å². The third kappa shape index (κ3) is 3.17. The number of carboxylic acids is 1. The van der Waals surface area contributed by atoms with Crippen molar-refractivity contribution < 1.29 is 14.4 Å². The molecule has 1 atom stereocenters. The molecule has 2 aromatic rings. The molecule has 3 rings (SSSR count). The predicted octanol–water partition coefficient (Wildman–Crippen LogP) is 4.36. The molecule has 1 fully saturated rings. The van der Waals surface area contributed by atoms with Gasteiger partial charge in [0.15, 0.2) is 0 Å². The minimum Gasteiger partial charge on any atom is -0.481 e. The van der Waals surface area contributed by atoms with E-state index < -0.39 is 11.4 Å². The van der Waals surface area contributed by atoms with Gasteiger partial charge in [-0.2, -0.15) is 0 Å². The Hall–Kier alpha value is -1.69. The van der Waals surface area contributed by atoms with Gasteiger partial charge in [-0.15, -0.1) is 11.3 Å². The molecule has 5 nitrogen and oxygen atoms in total. The molecule has 0 aromatic carbocycles. The number of hydrogen-bond acceptors (Lipinski definition) is 5. The molecular formula is C17H22N2O3S. The van der Waals surface area contributed by atoms with Crippen molar-refractivity contribution in [2.45, 2.75) is 52.4 Å². The quantitative estimate of drug-likeness (QED) is 0.849. The van der Waals surface area contributed by atoms with Gasteiger partial charge in [0.05, 0.1) is 11.1 Å². The maximum absolute atomic E-state index is 11.4. The second-order valence-corrected chi connectivity index (χ2v) is 7.87. The Morgan fingerprint density at radius 3 is 2.87 bits per heavy atom. The van der Waals surface area contributed by atoms with Gasteiger partial charge in [-0.3, -0.25) is 4.79 Å². The number of hydrogen-bond donors (Lipinski definition) is 1. The molecule has 0 radical (unpaired) electrons. The SMILES string of the molecule is CC(c1cc(-c2nc(CC3CCC3)cs2)no1)C(C)(C)C(=O)O. The Morgan fingerprint density at radius 2 is 2.26 bits per heavy atom. The highest BCUT2D eigenvalue weighted by Crippen LogP contribution is 2.37. The highest BCUT2D eigenvalue weighted by molar-refractivity contribution is 7.13. The third-order valence-electron chi connectivity index (χ3n) is 5.08. The maximum Gasteiger partial charge on any atom is 0.309 e. The third-order valence-corrected chi connectivity index (χ3v) is 6.00. The Labute approximate surface area is 139 Å². The van der Waals surface area contributed by atoms with Gasteiger partial charge < -0.3 is 9.63 Å². The van der Waals surface area contributed by atoms with Gasteiger partial charge in [-0.05, 0) is 26.2 Å². The zero-order valence-corrected chi connectivity index (χ0v) is 14.5. The number of carbonyl (C=O) groups is 1. The van der Waals surface area contributed by atoms with E-state index >= 15 is 0 Å². The van der Waals surface area contributed by atoms with Crippen LogP contribution in [0.5, 0.6) is 0 Å². The number of aliphatic carboxylic acids is 1. The van der Waals surface area contributed by atoms with Gasteiger partial charge in [0.1, 0.15) is 16.5 Å². The topological polar surface area (TPSA) is 76.2 Å². The molecule has 2 heterocycles. The summed E-state index contributed by atoms with van der Waals surface area (Å²) in [6, 6.07) is 1.82. The van der Waals surface area contributed by atoms with Crippen molar-refractivity contribution in [3.05, 3.63) is 22.9 Å². The summed E-state index contributed by atoms with van der Waals surface area (Å²) in [5, 5.41) is 16.4. The average molecular weight is 334 g/mol. The van der Waals surface area contributed by atoms with E-state index in [4.69, 9.17) is 4.52 Å². The average Bonchev–Trinajstić information content (AvgIpc) is 3.10. The van der Waals surface area contributed by atoms with Gasteiger partial charge >= 0.3 is 5.97 Å². The summed E-state index contributed by atoms with van der Waals surface area (Å²) >= 11 is 1.57. The van der Waals surface area contributed by atoms with E-state index in [1.807, 2.05) is 13.0 Å². The van der Waals surface area contributed by atoms with Gasteiger partial charge in [0.25, 0.3) is 0 Å². The lowest BCUT2D eigenvalue weighted by atomic mass is 9.78. The fourth-order valence-electron chi connectivity index (χ4n) is 2.65. The summed E-state index contributed by atoms with van der Waals surface area (Å²) in [7, 11) is 0. The van der Waals surface area contributed by atoms with Gasteiger partial charge in [0.2, 0.25) is 0 Å². The van der Waals surface area contributed by atoms with Crippen LogP contribution >= 0.6 is 11.3 Å². The number of carboxylic acid groups (broad SMARTS) is 1. The summed E-state index contributed by atoms with van der Waals surface area (Å²) in [6.45, 7) is 5.24. The molecule has 0 aliphatic heterocycles. The largest absolute Gasteiger partial charge is 0.481 e. The Morgan fingerprint density at radius 1 is 1.52 bits per heavy atom. The van der Waals surface area contributed by atoms with E-state index in [1.54, 1.807) is 25.2 Å². The highest BCUT2D eigenvalue weighted by atomic mass is 32.1. The summed E-state index contributed by atoms with van der Waals surface area (Å²) < 4.78 is 5.39. The van der Waals surface area contributed by atoms with E-state index in [0.717, 1.165) is 23.0 Å². The number of rotatable bonds is 6. The molecule has 124 valence electrons. The second-order valence-electron chi connectivity index (χ2n) is 7.01. The van der Waals surface area contributed by atoms with Crippen molar-refractivity contribution in [2.75, 3.05) is 0 Å². The lowest BCUT2D eigenvalue weighted by Crippen LogP contribution is -2.29. The number of thiazole rings is 1. The molecule has 1 unspecified atom stereocenters. The van der Waals surface area contributed by atoms with Crippen LogP contribution in [0.25, 0.3) is 10.7 Å². The van der Waals surface area contributed by atoms with Crippen LogP contribution < -0.4 is 0 Å². The molecule has 23 heavy (non-hydrogen) atoms. The molecule has 1 N–H and O–H groups in total. The van der Waals surface area contributed by atoms with E-state index in [0.29, 0.717) is 11.5 Å². The van der Waals surface area contributed by atoms with E-state index in [9.17, 15) is 9.90 Å². The number of nitrogens with zero attached hydrogens (tertiary/aromatic N) is 2. The molecule has 2 aromatic heterocycles. The normalized spacial score (nSPS) is 17.0. The summed E-state index contributed by atoms with van der Waals surface area (Å²) in [6.07, 6.45) is 5.00. The zero-order chi connectivity index (χ0) is 16.6. The Bertz CT molecular complexity index is 700. The molecule has 0 saturated heterocycles. The van der Waals surface area contributed by atoms with Crippen molar-refractivity contribution in [1.29, 1.82) is 0 Å². The fraction of sp³-hybridized carbons (Fsp3) is 0.588. The van der Waals surface area contributed by atoms with E-state index in [2.05, 4.69) is 15.5 Å². The summed E-state index contributed by atoms with van der Waals surface area (Å²) in [5.74, 6) is 0.257. The summed E-state index contributed by atoms with van der Waals surface area (Å²) in [5.41, 5.74) is 0.908. The van der Waals surface area contributed by atoms with Crippen LogP contribution in [0, 0.1) is 11.3 Å². The van der Waals surface area contributed by atoms with Crippen LogP contribution in [0.1, 0.15) is 57.4 Å². The Balaban J connectivity index is 1.75. The molecule has 1 aliphatic rings. The zero-order valence-electron chi connectivity index (χ0n) is 13.7. The molecular weight excluding hydrogens is 312 g/mol. The fourth-order valence-corrected chi connectivity index (χ4v) is 3.43. The molecule has 6 heteroatoms. The van der Waals surface area contributed by atoms with Crippen molar-refractivity contribution in [1.82, 2.24) is 10.1 Å². The second kappa shape index (κ2) is 6.07. The van der Waals surface area contributed by atoms with Crippen molar-refractivity contribution in [3.8, 4) is 10.7 Å². The molecule has 0 amide bonds. The van der Waals surface area contributed by atoms with Crippen molar-refractivity contribution in [3.63, 3.8) is 0 Å². The number of aromatic nitrogens is 2. The maximum atomic E-state index is 11.4. The van der Waals surface area contributed by atoms with Crippen LogP contribution in [-0.4, -0.2) is 21.2 Å². The first-order chi connectivity index (χ1) is 10.9. The van der Waals surface area contributed by atoms with Crippen LogP contribution in [-0.2, 0) is 11.2 Å². The smallest absolute Gasteiger partial charge is 0.309 e. The van der Waals surface area contributed by atoms with E-state index in [1.165, 1.54) is 19.3 Å². The van der Waals surface area contributed by atoms with E-state index in [-0.39, 0.29) is 5.92 Å². The standard InChI is InChI=1S/C17H22N2O3S/c1-10(17(2,3)16(20)21)14-8-13(19-22-14)15-18-12(9-23-15)7-11-5-4-6-11/h8-11H,4-7H2,1-3H3,(H,20,21). The monoisotopic (exact) mass is 334 g/mol. The van der Waals surface area contributed by atoms with Crippen molar-refractivity contribution in [2.24, 2.45) is 11.3 Å².